The Kier molecular flexibility index (Phi) is 5.87. The van der Waals surface area contributed by atoms with Crippen molar-refractivity contribution >= 4 is 43.6 Å². The van der Waals surface area contributed by atoms with Gasteiger partial charge in [-0.15, -0.1) is 0 Å². The standard InChI is InChI=1S/C45H29N3/c1-3-10-34(11-4-1)45-46-39-15-7-8-16-40(39)48(45)36-25-22-31(23-26-36)30-18-20-32(21-19-30)37-28-29-42-44-38(37)27-24-33-12-9-17-41(43(33)44)47(42)35-13-5-2-6-14-35/h1-29H. The molecule has 0 saturated heterocycles. The number of imidazole rings is 1. The molecule has 0 unspecified atom stereocenters. The van der Waals surface area contributed by atoms with Gasteiger partial charge in [-0.05, 0) is 81.6 Å². The van der Waals surface area contributed by atoms with Crippen LogP contribution in [0.4, 0.5) is 0 Å². The fourth-order valence-electron chi connectivity index (χ4n) is 7.51. The van der Waals surface area contributed by atoms with Gasteiger partial charge in [-0.25, -0.2) is 4.98 Å². The van der Waals surface area contributed by atoms with Gasteiger partial charge in [0.05, 0.1) is 22.1 Å². The van der Waals surface area contributed by atoms with Crippen molar-refractivity contribution in [2.75, 3.05) is 0 Å². The number of para-hydroxylation sites is 3. The summed E-state index contributed by atoms with van der Waals surface area (Å²) in [7, 11) is 0. The first kappa shape index (κ1) is 26.7. The van der Waals surface area contributed by atoms with Crippen molar-refractivity contribution < 1.29 is 0 Å². The highest BCUT2D eigenvalue weighted by molar-refractivity contribution is 6.26. The maximum absolute atomic E-state index is 5.01. The van der Waals surface area contributed by atoms with E-state index in [0.29, 0.717) is 0 Å². The van der Waals surface area contributed by atoms with E-state index in [2.05, 4.69) is 173 Å². The van der Waals surface area contributed by atoms with E-state index in [4.69, 9.17) is 4.98 Å². The van der Waals surface area contributed by atoms with Gasteiger partial charge in [-0.2, -0.15) is 0 Å². The lowest BCUT2D eigenvalue weighted by atomic mass is 9.93. The summed E-state index contributed by atoms with van der Waals surface area (Å²) < 4.78 is 4.66. The summed E-state index contributed by atoms with van der Waals surface area (Å²) in [5.74, 6) is 0.947. The second kappa shape index (κ2) is 10.5. The second-order valence-corrected chi connectivity index (χ2v) is 12.4. The number of benzene rings is 8. The molecule has 0 aliphatic rings. The highest BCUT2D eigenvalue weighted by Crippen LogP contribution is 2.42. The zero-order valence-corrected chi connectivity index (χ0v) is 26.1. The average molecular weight is 612 g/mol. The summed E-state index contributed by atoms with van der Waals surface area (Å²) in [6.07, 6.45) is 0. The summed E-state index contributed by atoms with van der Waals surface area (Å²) >= 11 is 0. The number of hydrogen-bond donors (Lipinski definition) is 0. The Morgan fingerprint density at radius 1 is 0.354 bits per heavy atom. The quantitative estimate of drug-likeness (QED) is 0.178. The minimum Gasteiger partial charge on any atom is -0.309 e. The largest absolute Gasteiger partial charge is 0.309 e. The minimum absolute atomic E-state index is 0.947. The Hall–Kier alpha value is -6.45. The van der Waals surface area contributed by atoms with E-state index in [1.165, 1.54) is 60.5 Å². The Morgan fingerprint density at radius 3 is 1.77 bits per heavy atom. The third-order valence-electron chi connectivity index (χ3n) is 9.72. The van der Waals surface area contributed by atoms with Crippen LogP contribution in [-0.4, -0.2) is 14.1 Å². The van der Waals surface area contributed by atoms with E-state index in [-0.39, 0.29) is 0 Å². The highest BCUT2D eigenvalue weighted by Gasteiger charge is 2.19. The first-order valence-electron chi connectivity index (χ1n) is 16.4. The zero-order chi connectivity index (χ0) is 31.6. The third-order valence-corrected chi connectivity index (χ3v) is 9.72. The van der Waals surface area contributed by atoms with Crippen molar-refractivity contribution in [3.05, 3.63) is 176 Å². The molecule has 0 fully saturated rings. The van der Waals surface area contributed by atoms with Gasteiger partial charge in [0.1, 0.15) is 5.82 Å². The van der Waals surface area contributed by atoms with E-state index < -0.39 is 0 Å². The smallest absolute Gasteiger partial charge is 0.145 e. The Balaban J connectivity index is 1.04. The third kappa shape index (κ3) is 4.04. The van der Waals surface area contributed by atoms with Crippen LogP contribution in [0.15, 0.2) is 176 Å². The fourth-order valence-corrected chi connectivity index (χ4v) is 7.51. The van der Waals surface area contributed by atoms with Crippen molar-refractivity contribution in [2.24, 2.45) is 0 Å². The molecule has 2 aromatic heterocycles. The Morgan fingerprint density at radius 2 is 0.979 bits per heavy atom. The van der Waals surface area contributed by atoms with Gasteiger partial charge in [-0.3, -0.25) is 4.57 Å². The van der Waals surface area contributed by atoms with Crippen LogP contribution in [0.1, 0.15) is 0 Å². The van der Waals surface area contributed by atoms with Crippen LogP contribution in [0.25, 0.3) is 88.6 Å². The van der Waals surface area contributed by atoms with Crippen LogP contribution in [0.5, 0.6) is 0 Å². The van der Waals surface area contributed by atoms with Crippen molar-refractivity contribution in [3.8, 4) is 45.0 Å². The molecule has 8 aromatic carbocycles. The Bertz CT molecular complexity index is 2730. The topological polar surface area (TPSA) is 22.8 Å². The van der Waals surface area contributed by atoms with Gasteiger partial charge in [0.2, 0.25) is 0 Å². The van der Waals surface area contributed by atoms with Crippen LogP contribution < -0.4 is 0 Å². The molecule has 3 heteroatoms. The normalized spacial score (nSPS) is 11.8. The molecule has 0 aliphatic heterocycles. The minimum atomic E-state index is 0.947. The van der Waals surface area contributed by atoms with Gasteiger partial charge >= 0.3 is 0 Å². The number of rotatable bonds is 5. The summed E-state index contributed by atoms with van der Waals surface area (Å²) in [5, 5.41) is 5.21. The monoisotopic (exact) mass is 611 g/mol. The number of aromatic nitrogens is 3. The number of fused-ring (bicyclic) bond motifs is 1. The lowest BCUT2D eigenvalue weighted by Gasteiger charge is -2.12. The molecule has 48 heavy (non-hydrogen) atoms. The average Bonchev–Trinajstić information content (AvgIpc) is 3.72. The van der Waals surface area contributed by atoms with E-state index in [1.807, 2.05) is 12.1 Å². The molecule has 10 aromatic rings. The lowest BCUT2D eigenvalue weighted by Crippen LogP contribution is -1.97. The predicted octanol–water partition coefficient (Wildman–Crippen LogP) is 11.7. The molecule has 0 saturated carbocycles. The van der Waals surface area contributed by atoms with E-state index in [9.17, 15) is 0 Å². The van der Waals surface area contributed by atoms with Crippen LogP contribution in [0, 0.1) is 0 Å². The second-order valence-electron chi connectivity index (χ2n) is 12.4. The molecule has 0 radical (unpaired) electrons. The molecule has 0 N–H and O–H groups in total. The maximum atomic E-state index is 5.01. The first-order chi connectivity index (χ1) is 23.8. The van der Waals surface area contributed by atoms with Gasteiger partial charge in [0, 0.05) is 27.7 Å². The van der Waals surface area contributed by atoms with E-state index in [1.54, 1.807) is 0 Å². The molecule has 0 atom stereocenters. The van der Waals surface area contributed by atoms with Crippen molar-refractivity contribution in [3.63, 3.8) is 0 Å². The van der Waals surface area contributed by atoms with E-state index >= 15 is 0 Å². The molecule has 0 aliphatic carbocycles. The van der Waals surface area contributed by atoms with Crippen molar-refractivity contribution in [1.29, 1.82) is 0 Å². The molecule has 224 valence electrons. The number of hydrogen-bond acceptors (Lipinski definition) is 1. The summed E-state index contributed by atoms with van der Waals surface area (Å²) in [4.78, 5) is 5.01. The van der Waals surface area contributed by atoms with Crippen LogP contribution in [0.2, 0.25) is 0 Å². The molecule has 2 heterocycles. The molecule has 0 spiro atoms. The molecule has 0 bridgehead atoms. The lowest BCUT2D eigenvalue weighted by molar-refractivity contribution is 1.10. The van der Waals surface area contributed by atoms with Crippen LogP contribution in [0.3, 0.4) is 0 Å². The molecular formula is C45H29N3. The highest BCUT2D eigenvalue weighted by atomic mass is 15.1. The summed E-state index contributed by atoms with van der Waals surface area (Å²) in [6.45, 7) is 0. The molecule has 0 amide bonds. The molecule has 3 nitrogen and oxygen atoms in total. The van der Waals surface area contributed by atoms with Gasteiger partial charge in [0.15, 0.2) is 0 Å². The Labute approximate surface area is 277 Å². The molecular weight excluding hydrogens is 583 g/mol. The zero-order valence-electron chi connectivity index (χ0n) is 26.1. The maximum Gasteiger partial charge on any atom is 0.145 e. The van der Waals surface area contributed by atoms with Gasteiger partial charge in [0.25, 0.3) is 0 Å². The van der Waals surface area contributed by atoms with E-state index in [0.717, 1.165) is 28.1 Å². The van der Waals surface area contributed by atoms with Crippen LogP contribution in [-0.2, 0) is 0 Å². The van der Waals surface area contributed by atoms with Crippen molar-refractivity contribution in [1.82, 2.24) is 14.1 Å². The van der Waals surface area contributed by atoms with Crippen molar-refractivity contribution in [2.45, 2.75) is 0 Å². The molecule has 10 rings (SSSR count). The number of nitrogens with zero attached hydrogens (tertiary/aromatic N) is 3. The predicted molar refractivity (Wildman–Crippen MR) is 200 cm³/mol. The summed E-state index contributed by atoms with van der Waals surface area (Å²) in [5.41, 5.74) is 12.8. The first-order valence-corrected chi connectivity index (χ1v) is 16.4. The van der Waals surface area contributed by atoms with Gasteiger partial charge in [-0.1, -0.05) is 127 Å². The summed E-state index contributed by atoms with van der Waals surface area (Å²) in [6, 6.07) is 63.1. The fraction of sp³-hybridized carbons (Fsp3) is 0. The van der Waals surface area contributed by atoms with Crippen LogP contribution >= 0.6 is 0 Å². The SMILES string of the molecule is c1ccc(-c2nc3ccccc3n2-c2ccc(-c3ccc(-c4ccc5c6c4ccc4cccc(c46)n5-c4ccccc4)cc3)cc2)cc1. The van der Waals surface area contributed by atoms with Gasteiger partial charge < -0.3 is 4.57 Å².